The Morgan fingerprint density at radius 2 is 0.985 bits per heavy atom. The van der Waals surface area contributed by atoms with Gasteiger partial charge in [0.1, 0.15) is 48.3 Å². The molecule has 68 heavy (non-hydrogen) atoms. The molecule has 1 heterocycles. The van der Waals surface area contributed by atoms with Gasteiger partial charge in [0.2, 0.25) is 53.2 Å². The van der Waals surface area contributed by atoms with Crippen LogP contribution in [0, 0.1) is 11.8 Å². The van der Waals surface area contributed by atoms with E-state index < -0.39 is 114 Å². The second kappa shape index (κ2) is 33.5. The van der Waals surface area contributed by atoms with Crippen LogP contribution in [0.2, 0.25) is 0 Å². The molecule has 1 fully saturated rings. The predicted molar refractivity (Wildman–Crippen MR) is 256 cm³/mol. The van der Waals surface area contributed by atoms with Gasteiger partial charge in [-0.3, -0.25) is 43.2 Å². The van der Waals surface area contributed by atoms with Crippen molar-refractivity contribution in [3.8, 4) is 0 Å². The van der Waals surface area contributed by atoms with E-state index in [0.717, 1.165) is 38.5 Å². The van der Waals surface area contributed by atoms with Gasteiger partial charge in [-0.15, -0.1) is 0 Å². The Morgan fingerprint density at radius 3 is 1.41 bits per heavy atom. The summed E-state index contributed by atoms with van der Waals surface area (Å²) >= 11 is 0. The van der Waals surface area contributed by atoms with Gasteiger partial charge in [-0.1, -0.05) is 73.1 Å². The van der Waals surface area contributed by atoms with Crippen molar-refractivity contribution >= 4 is 53.2 Å². The standard InChI is InChI=1S/C45H85N13O10/c1-7-8-9-10-11-12-13-14-36(60)51-29(15-19-46)38(61)57-35-25-50-45(68)37(28(6)59)58-41(64)32(18-22-49)52-39(62)30(16-20-47)53-42(65)33(23-26(2)3)56-43(66)34(24-27(4)5)55-40(63)31(17-21-48)54-44(35)67/h26-35,37,59H,7-25,46-49H2,1-6H3,(H,50,68)(H,51,60)(H,52,62)(H,53,65)(H,54,67)(H,55,63)(H,56,66)(H,57,61)(H,58,64)/t28-,29-,30+,31+,32+,33+,34-,35+,37+/m1/s1. The molecule has 1 saturated heterocycles. The molecule has 23 heteroatoms. The Hall–Kier alpha value is -4.97. The summed E-state index contributed by atoms with van der Waals surface area (Å²) in [6, 6.07) is -11.0. The van der Waals surface area contributed by atoms with E-state index in [1.165, 1.54) is 6.92 Å². The average molecular weight is 968 g/mol. The Balaban J connectivity index is 3.78. The zero-order valence-corrected chi connectivity index (χ0v) is 41.2. The SMILES string of the molecule is CCCCCCCCCC(=O)N[C@H](CCN)C(=O)N[C@H]1CNC(=O)[C@H]([C@@H](C)O)NC(=O)[C@H](CCN)NC(=O)[C@H](CCN)NC(=O)[C@H](CC(C)C)NC(=O)[C@@H](CC(C)C)NC(=O)[C@H](CCN)NC1=O. The van der Waals surface area contributed by atoms with Gasteiger partial charge in [-0.2, -0.15) is 0 Å². The summed E-state index contributed by atoms with van der Waals surface area (Å²) in [5, 5.41) is 33.9. The maximum Gasteiger partial charge on any atom is 0.245 e. The van der Waals surface area contributed by atoms with E-state index in [1.807, 2.05) is 27.7 Å². The molecule has 390 valence electrons. The third-order valence-electron chi connectivity index (χ3n) is 11.2. The highest BCUT2D eigenvalue weighted by atomic mass is 16.3. The maximum absolute atomic E-state index is 14.2. The number of nitrogens with two attached hydrogens (primary N) is 4. The molecule has 0 bridgehead atoms. The van der Waals surface area contributed by atoms with E-state index >= 15 is 0 Å². The lowest BCUT2D eigenvalue weighted by atomic mass is 9.99. The Labute approximate surface area is 401 Å². The van der Waals surface area contributed by atoms with Crippen LogP contribution < -0.4 is 70.8 Å². The van der Waals surface area contributed by atoms with Gasteiger partial charge in [0.25, 0.3) is 0 Å². The van der Waals surface area contributed by atoms with Crippen LogP contribution in [0.15, 0.2) is 0 Å². The minimum absolute atomic E-state index is 0.0178. The molecule has 18 N–H and O–H groups in total. The van der Waals surface area contributed by atoms with Gasteiger partial charge in [-0.05, 0) is 89.9 Å². The van der Waals surface area contributed by atoms with Crippen molar-refractivity contribution in [2.75, 3.05) is 32.7 Å². The molecule has 0 aromatic heterocycles. The number of carbonyl (C=O) groups excluding carboxylic acids is 9. The van der Waals surface area contributed by atoms with Crippen LogP contribution in [0.1, 0.15) is 131 Å². The van der Waals surface area contributed by atoms with Crippen molar-refractivity contribution in [3.63, 3.8) is 0 Å². The summed E-state index contributed by atoms with van der Waals surface area (Å²) in [5.74, 6) is -7.58. The van der Waals surface area contributed by atoms with Crippen molar-refractivity contribution in [2.45, 2.75) is 186 Å². The molecule has 0 spiro atoms. The fraction of sp³-hybridized carbons (Fsp3) is 0.800. The van der Waals surface area contributed by atoms with E-state index in [-0.39, 0.29) is 83.0 Å². The van der Waals surface area contributed by atoms with Crippen LogP contribution >= 0.6 is 0 Å². The number of carbonyl (C=O) groups is 9. The Bertz CT molecular complexity index is 1620. The lowest BCUT2D eigenvalue weighted by Gasteiger charge is -2.30. The van der Waals surface area contributed by atoms with E-state index in [1.54, 1.807) is 0 Å². The number of nitrogens with one attached hydrogen (secondary N) is 9. The topological polar surface area (TPSA) is 386 Å². The van der Waals surface area contributed by atoms with Gasteiger partial charge in [0.05, 0.1) is 6.10 Å². The van der Waals surface area contributed by atoms with E-state index in [4.69, 9.17) is 22.9 Å². The van der Waals surface area contributed by atoms with Crippen LogP contribution in [-0.4, -0.2) is 145 Å². The lowest BCUT2D eigenvalue weighted by Crippen LogP contribution is -2.63. The van der Waals surface area contributed by atoms with Crippen LogP contribution in [0.25, 0.3) is 0 Å². The van der Waals surface area contributed by atoms with Crippen molar-refractivity contribution in [1.29, 1.82) is 0 Å². The van der Waals surface area contributed by atoms with Gasteiger partial charge >= 0.3 is 0 Å². The summed E-state index contributed by atoms with van der Waals surface area (Å²) in [6.07, 6.45) is 5.26. The molecule has 0 unspecified atom stereocenters. The summed E-state index contributed by atoms with van der Waals surface area (Å²) in [4.78, 5) is 124. The van der Waals surface area contributed by atoms with Gasteiger partial charge in [-0.25, -0.2) is 0 Å². The maximum atomic E-state index is 14.2. The number of rotatable bonds is 24. The Kier molecular flexibility index (Phi) is 30.1. The first-order valence-electron chi connectivity index (χ1n) is 24.4. The predicted octanol–water partition coefficient (Wildman–Crippen LogP) is -3.00. The zero-order valence-electron chi connectivity index (χ0n) is 41.2. The van der Waals surface area contributed by atoms with Crippen LogP contribution in [0.3, 0.4) is 0 Å². The van der Waals surface area contributed by atoms with Crippen LogP contribution in [-0.2, 0) is 43.2 Å². The van der Waals surface area contributed by atoms with Gasteiger partial charge in [0.15, 0.2) is 0 Å². The Morgan fingerprint density at radius 1 is 0.574 bits per heavy atom. The second-order valence-electron chi connectivity index (χ2n) is 18.4. The largest absolute Gasteiger partial charge is 0.391 e. The molecule has 0 aromatic carbocycles. The number of aliphatic hydroxyl groups is 1. The third-order valence-corrected chi connectivity index (χ3v) is 11.2. The fourth-order valence-electron chi connectivity index (χ4n) is 7.47. The summed E-state index contributed by atoms with van der Waals surface area (Å²) < 4.78 is 0. The van der Waals surface area contributed by atoms with E-state index in [0.29, 0.717) is 6.42 Å². The lowest BCUT2D eigenvalue weighted by molar-refractivity contribution is -0.137. The normalized spacial score (nSPS) is 23.9. The first-order valence-corrected chi connectivity index (χ1v) is 24.4. The average Bonchev–Trinajstić information content (AvgIpc) is 3.26. The molecule has 9 atom stereocenters. The number of aliphatic hydroxyl groups excluding tert-OH is 1. The summed E-state index contributed by atoms with van der Waals surface area (Å²) in [5.41, 5.74) is 23.3. The smallest absolute Gasteiger partial charge is 0.245 e. The van der Waals surface area contributed by atoms with Crippen LogP contribution in [0.5, 0.6) is 0 Å². The van der Waals surface area contributed by atoms with Crippen molar-refractivity contribution in [1.82, 2.24) is 47.9 Å². The third kappa shape index (κ3) is 23.4. The first kappa shape index (κ1) is 61.0. The molecule has 0 radical (unpaired) electrons. The zero-order chi connectivity index (χ0) is 51.3. The molecule has 0 saturated carbocycles. The quantitative estimate of drug-likeness (QED) is 0.0429. The number of unbranched alkanes of at least 4 members (excludes halogenated alkanes) is 6. The number of hydrogen-bond donors (Lipinski definition) is 14. The molecular formula is C45H85N13O10. The molecule has 23 nitrogen and oxygen atoms in total. The highest BCUT2D eigenvalue weighted by molar-refractivity contribution is 5.98. The molecule has 1 rings (SSSR count). The fourth-order valence-corrected chi connectivity index (χ4v) is 7.47. The van der Waals surface area contributed by atoms with E-state index in [2.05, 4.69) is 54.8 Å². The summed E-state index contributed by atoms with van der Waals surface area (Å²) in [7, 11) is 0. The monoisotopic (exact) mass is 968 g/mol. The van der Waals surface area contributed by atoms with E-state index in [9.17, 15) is 48.3 Å². The van der Waals surface area contributed by atoms with Crippen LogP contribution in [0.4, 0.5) is 0 Å². The molecular weight excluding hydrogens is 883 g/mol. The summed E-state index contributed by atoms with van der Waals surface area (Å²) in [6.45, 7) is 9.62. The minimum Gasteiger partial charge on any atom is -0.391 e. The molecule has 0 aliphatic carbocycles. The first-order chi connectivity index (χ1) is 32.2. The van der Waals surface area contributed by atoms with Gasteiger partial charge in [0, 0.05) is 13.0 Å². The molecule has 0 aromatic rings. The number of amides is 9. The number of hydrogen-bond acceptors (Lipinski definition) is 14. The van der Waals surface area contributed by atoms with Crippen molar-refractivity contribution in [3.05, 3.63) is 0 Å². The van der Waals surface area contributed by atoms with Crippen molar-refractivity contribution < 1.29 is 48.3 Å². The minimum atomic E-state index is -1.68. The highest BCUT2D eigenvalue weighted by Crippen LogP contribution is 2.12. The van der Waals surface area contributed by atoms with Crippen molar-refractivity contribution in [2.24, 2.45) is 34.8 Å². The second-order valence-corrected chi connectivity index (χ2v) is 18.4. The molecule has 1 aliphatic rings. The molecule has 9 amide bonds. The molecule has 1 aliphatic heterocycles. The van der Waals surface area contributed by atoms with Gasteiger partial charge < -0.3 is 75.9 Å². The highest BCUT2D eigenvalue weighted by Gasteiger charge is 2.36.